The van der Waals surface area contributed by atoms with Crippen molar-refractivity contribution in [2.75, 3.05) is 13.1 Å². The van der Waals surface area contributed by atoms with E-state index in [0.29, 0.717) is 19.0 Å². The van der Waals surface area contributed by atoms with Crippen molar-refractivity contribution in [2.24, 2.45) is 0 Å². The molecule has 1 saturated heterocycles. The Bertz CT molecular complexity index is 543. The maximum Gasteiger partial charge on any atom is 0.407 e. The van der Waals surface area contributed by atoms with Crippen molar-refractivity contribution in [2.45, 2.75) is 5.92 Å². The highest BCUT2D eigenvalue weighted by molar-refractivity contribution is 5.66. The van der Waals surface area contributed by atoms with Gasteiger partial charge in [0.1, 0.15) is 5.65 Å². The number of rotatable bonds is 1. The van der Waals surface area contributed by atoms with Gasteiger partial charge in [-0.25, -0.2) is 9.78 Å². The Morgan fingerprint density at radius 2 is 2.25 bits per heavy atom. The smallest absolute Gasteiger partial charge is 0.407 e. The van der Waals surface area contributed by atoms with Gasteiger partial charge in [-0.2, -0.15) is 0 Å². The maximum atomic E-state index is 10.6. The normalized spacial score (nSPS) is 16.4. The van der Waals surface area contributed by atoms with Gasteiger partial charge in [-0.05, 0) is 17.7 Å². The fraction of sp³-hybridized carbons (Fsp3) is 0.273. The Morgan fingerprint density at radius 1 is 1.44 bits per heavy atom. The molecule has 1 aliphatic heterocycles. The SMILES string of the molecule is O=C(O)N1CC(c2ccn3ccnc3c2)C1. The number of nitrogens with zero attached hydrogens (tertiary/aromatic N) is 3. The van der Waals surface area contributed by atoms with E-state index >= 15 is 0 Å². The number of fused-ring (bicyclic) bond motifs is 1. The molecule has 5 heteroatoms. The summed E-state index contributed by atoms with van der Waals surface area (Å²) in [6.07, 6.45) is 4.77. The third-order valence-corrected chi connectivity index (χ3v) is 3.05. The minimum Gasteiger partial charge on any atom is -0.465 e. The van der Waals surface area contributed by atoms with E-state index in [1.165, 1.54) is 4.90 Å². The molecule has 1 aliphatic rings. The molecule has 0 radical (unpaired) electrons. The molecule has 0 aliphatic carbocycles. The molecule has 2 aromatic heterocycles. The molecule has 3 heterocycles. The molecule has 2 aromatic rings. The van der Waals surface area contributed by atoms with Crippen molar-refractivity contribution in [3.63, 3.8) is 0 Å². The summed E-state index contributed by atoms with van der Waals surface area (Å²) >= 11 is 0. The molecule has 3 rings (SSSR count). The van der Waals surface area contributed by atoms with Gasteiger partial charge in [0.2, 0.25) is 0 Å². The zero-order valence-corrected chi connectivity index (χ0v) is 8.58. The van der Waals surface area contributed by atoms with Gasteiger partial charge in [-0.15, -0.1) is 0 Å². The molecule has 0 spiro atoms. The van der Waals surface area contributed by atoms with Crippen molar-refractivity contribution in [3.05, 3.63) is 36.3 Å². The predicted molar refractivity (Wildman–Crippen MR) is 57.5 cm³/mol. The Labute approximate surface area is 91.9 Å². The molecular formula is C11H11N3O2. The minimum absolute atomic E-state index is 0.317. The van der Waals surface area contributed by atoms with E-state index in [9.17, 15) is 4.79 Å². The van der Waals surface area contributed by atoms with Crippen molar-refractivity contribution in [1.29, 1.82) is 0 Å². The zero-order valence-electron chi connectivity index (χ0n) is 8.58. The highest BCUT2D eigenvalue weighted by atomic mass is 16.4. The molecule has 0 bridgehead atoms. The summed E-state index contributed by atoms with van der Waals surface area (Å²) in [5, 5.41) is 8.75. The summed E-state index contributed by atoms with van der Waals surface area (Å²) in [5.41, 5.74) is 2.07. The number of amides is 1. The maximum absolute atomic E-state index is 10.6. The molecule has 82 valence electrons. The number of carbonyl (C=O) groups is 1. The number of aromatic nitrogens is 2. The molecule has 1 N–H and O–H groups in total. The van der Waals surface area contributed by atoms with Crippen LogP contribution in [-0.2, 0) is 0 Å². The number of likely N-dealkylation sites (tertiary alicyclic amines) is 1. The van der Waals surface area contributed by atoms with Crippen LogP contribution in [0.1, 0.15) is 11.5 Å². The van der Waals surface area contributed by atoms with E-state index in [4.69, 9.17) is 5.11 Å². The lowest BCUT2D eigenvalue weighted by Crippen LogP contribution is -2.47. The van der Waals surface area contributed by atoms with Gasteiger partial charge >= 0.3 is 6.09 Å². The highest BCUT2D eigenvalue weighted by Crippen LogP contribution is 2.27. The first kappa shape index (κ1) is 9.21. The van der Waals surface area contributed by atoms with Crippen LogP contribution in [-0.4, -0.2) is 38.6 Å². The first-order valence-corrected chi connectivity index (χ1v) is 5.14. The molecule has 1 amide bonds. The molecule has 1 fully saturated rings. The van der Waals surface area contributed by atoms with E-state index in [-0.39, 0.29) is 0 Å². The molecule has 16 heavy (non-hydrogen) atoms. The van der Waals surface area contributed by atoms with E-state index < -0.39 is 6.09 Å². The van der Waals surface area contributed by atoms with E-state index in [0.717, 1.165) is 11.2 Å². The second kappa shape index (κ2) is 3.23. The Balaban J connectivity index is 1.83. The zero-order chi connectivity index (χ0) is 11.1. The van der Waals surface area contributed by atoms with Gasteiger partial charge in [0, 0.05) is 37.6 Å². The topological polar surface area (TPSA) is 57.8 Å². The third kappa shape index (κ3) is 1.32. The molecule has 0 atom stereocenters. The quantitative estimate of drug-likeness (QED) is 0.785. The Hall–Kier alpha value is -2.04. The van der Waals surface area contributed by atoms with E-state index in [1.54, 1.807) is 6.20 Å². The largest absolute Gasteiger partial charge is 0.465 e. The molecular weight excluding hydrogens is 206 g/mol. The summed E-state index contributed by atoms with van der Waals surface area (Å²) in [6, 6.07) is 4.04. The number of carboxylic acid groups (broad SMARTS) is 1. The second-order valence-electron chi connectivity index (χ2n) is 4.04. The number of pyridine rings is 1. The van der Waals surface area contributed by atoms with Crippen molar-refractivity contribution < 1.29 is 9.90 Å². The van der Waals surface area contributed by atoms with Gasteiger partial charge in [0.25, 0.3) is 0 Å². The van der Waals surface area contributed by atoms with Crippen molar-refractivity contribution in [1.82, 2.24) is 14.3 Å². The molecule has 0 unspecified atom stereocenters. The van der Waals surface area contributed by atoms with E-state index in [2.05, 4.69) is 4.98 Å². The third-order valence-electron chi connectivity index (χ3n) is 3.05. The summed E-state index contributed by atoms with van der Waals surface area (Å²) in [6.45, 7) is 1.18. The lowest BCUT2D eigenvalue weighted by atomic mass is 9.93. The predicted octanol–water partition coefficient (Wildman–Crippen LogP) is 1.41. The summed E-state index contributed by atoms with van der Waals surface area (Å²) in [5.74, 6) is 0.317. The van der Waals surface area contributed by atoms with Crippen LogP contribution in [0.2, 0.25) is 0 Å². The van der Waals surface area contributed by atoms with Crippen LogP contribution in [0.15, 0.2) is 30.7 Å². The summed E-state index contributed by atoms with van der Waals surface area (Å²) in [7, 11) is 0. The van der Waals surface area contributed by atoms with Crippen molar-refractivity contribution >= 4 is 11.7 Å². The lowest BCUT2D eigenvalue weighted by molar-refractivity contribution is 0.105. The van der Waals surface area contributed by atoms with Crippen LogP contribution in [0.4, 0.5) is 4.79 Å². The number of hydrogen-bond acceptors (Lipinski definition) is 2. The monoisotopic (exact) mass is 217 g/mol. The lowest BCUT2D eigenvalue weighted by Gasteiger charge is -2.37. The first-order chi connectivity index (χ1) is 7.74. The summed E-state index contributed by atoms with van der Waals surface area (Å²) < 4.78 is 1.94. The molecule has 0 saturated carbocycles. The number of imidazole rings is 1. The average Bonchev–Trinajstić information content (AvgIpc) is 2.61. The van der Waals surface area contributed by atoms with Gasteiger partial charge in [0.15, 0.2) is 0 Å². The first-order valence-electron chi connectivity index (χ1n) is 5.14. The van der Waals surface area contributed by atoms with Gasteiger partial charge < -0.3 is 14.4 Å². The minimum atomic E-state index is -0.835. The molecule has 5 nitrogen and oxygen atoms in total. The van der Waals surface area contributed by atoms with Crippen LogP contribution in [0, 0.1) is 0 Å². The number of hydrogen-bond donors (Lipinski definition) is 1. The highest BCUT2D eigenvalue weighted by Gasteiger charge is 2.31. The van der Waals surface area contributed by atoms with Crippen LogP contribution < -0.4 is 0 Å². The van der Waals surface area contributed by atoms with Crippen molar-refractivity contribution in [3.8, 4) is 0 Å². The van der Waals surface area contributed by atoms with Gasteiger partial charge in [-0.3, -0.25) is 0 Å². The summed E-state index contributed by atoms with van der Waals surface area (Å²) in [4.78, 5) is 16.3. The Kier molecular flexibility index (Phi) is 1.86. The second-order valence-corrected chi connectivity index (χ2v) is 4.04. The van der Waals surface area contributed by atoms with Crippen LogP contribution in [0.5, 0.6) is 0 Å². The molecule has 0 aromatic carbocycles. The Morgan fingerprint density at radius 3 is 3.00 bits per heavy atom. The standard InChI is InChI=1S/C11H11N3O2/c15-11(16)14-6-9(7-14)8-1-3-13-4-2-12-10(13)5-8/h1-5,9H,6-7H2,(H,15,16). The van der Waals surface area contributed by atoms with Gasteiger partial charge in [-0.1, -0.05) is 0 Å². The average molecular weight is 217 g/mol. The van der Waals surface area contributed by atoms with Gasteiger partial charge in [0.05, 0.1) is 0 Å². The van der Waals surface area contributed by atoms with Crippen LogP contribution in [0.25, 0.3) is 5.65 Å². The van der Waals surface area contributed by atoms with Crippen LogP contribution in [0.3, 0.4) is 0 Å². The van der Waals surface area contributed by atoms with E-state index in [1.807, 2.05) is 28.9 Å². The van der Waals surface area contributed by atoms with Crippen LogP contribution >= 0.6 is 0 Å². The fourth-order valence-corrected chi connectivity index (χ4v) is 2.03. The fourth-order valence-electron chi connectivity index (χ4n) is 2.03.